The predicted molar refractivity (Wildman–Crippen MR) is 132 cm³/mol. The number of likely N-dealkylation sites (tertiary alicyclic amines) is 1. The van der Waals surface area contributed by atoms with Crippen LogP contribution < -0.4 is 10.6 Å². The largest absolute Gasteiger partial charge is 0.354 e. The molecule has 1 aliphatic rings. The first-order valence-corrected chi connectivity index (χ1v) is 11.6. The van der Waals surface area contributed by atoms with Crippen molar-refractivity contribution >= 4 is 23.4 Å². The molecule has 0 aliphatic carbocycles. The Morgan fingerprint density at radius 2 is 1.67 bits per heavy atom. The minimum absolute atomic E-state index is 0.0321. The summed E-state index contributed by atoms with van der Waals surface area (Å²) in [5.74, 6) is -0.00356. The molecule has 5 nitrogen and oxygen atoms in total. The number of nitrogens with one attached hydrogen (secondary N) is 2. The minimum atomic E-state index is -0.252. The van der Waals surface area contributed by atoms with E-state index in [1.807, 2.05) is 60.7 Å². The van der Waals surface area contributed by atoms with Gasteiger partial charge in [-0.25, -0.2) is 0 Å². The van der Waals surface area contributed by atoms with Gasteiger partial charge in [-0.05, 0) is 59.8 Å². The van der Waals surface area contributed by atoms with Crippen LogP contribution in [-0.2, 0) is 11.3 Å². The first-order chi connectivity index (χ1) is 16.1. The zero-order valence-corrected chi connectivity index (χ0v) is 19.2. The zero-order valence-electron chi connectivity index (χ0n) is 18.5. The van der Waals surface area contributed by atoms with Crippen LogP contribution in [0.4, 0.5) is 0 Å². The van der Waals surface area contributed by atoms with Crippen molar-refractivity contribution in [1.82, 2.24) is 15.5 Å². The van der Waals surface area contributed by atoms with Gasteiger partial charge in [-0.15, -0.1) is 0 Å². The van der Waals surface area contributed by atoms with Gasteiger partial charge in [0.2, 0.25) is 5.91 Å². The summed E-state index contributed by atoms with van der Waals surface area (Å²) >= 11 is 5.95. The molecule has 0 saturated carbocycles. The fourth-order valence-corrected chi connectivity index (χ4v) is 4.25. The first kappa shape index (κ1) is 23.0. The Bertz CT molecular complexity index is 1090. The zero-order chi connectivity index (χ0) is 23.0. The molecule has 0 spiro atoms. The summed E-state index contributed by atoms with van der Waals surface area (Å²) in [6.45, 7) is 3.43. The Balaban J connectivity index is 1.19. The highest BCUT2D eigenvalue weighted by Gasteiger charge is 2.23. The van der Waals surface area contributed by atoms with E-state index < -0.39 is 0 Å². The van der Waals surface area contributed by atoms with Crippen LogP contribution in [0.15, 0.2) is 78.9 Å². The highest BCUT2D eigenvalue weighted by molar-refractivity contribution is 6.30. The Labute approximate surface area is 199 Å². The number of rotatable bonds is 8. The van der Waals surface area contributed by atoms with Crippen LogP contribution in [-0.4, -0.2) is 42.9 Å². The maximum atomic E-state index is 12.5. The first-order valence-electron chi connectivity index (χ1n) is 11.2. The van der Waals surface area contributed by atoms with Crippen molar-refractivity contribution in [3.05, 3.63) is 95.0 Å². The van der Waals surface area contributed by atoms with Crippen molar-refractivity contribution in [2.24, 2.45) is 5.92 Å². The number of benzene rings is 3. The smallest absolute Gasteiger partial charge is 0.251 e. The molecule has 1 saturated heterocycles. The molecule has 4 rings (SSSR count). The van der Waals surface area contributed by atoms with E-state index in [1.165, 1.54) is 5.56 Å². The van der Waals surface area contributed by atoms with E-state index in [9.17, 15) is 9.59 Å². The molecule has 2 N–H and O–H groups in total. The third-order valence-electron chi connectivity index (χ3n) is 5.92. The van der Waals surface area contributed by atoms with Gasteiger partial charge in [0.15, 0.2) is 0 Å². The number of carbonyl (C=O) groups excluding carboxylic acids is 2. The number of halogens is 1. The molecule has 1 unspecified atom stereocenters. The van der Waals surface area contributed by atoms with Crippen LogP contribution in [0.3, 0.4) is 0 Å². The summed E-state index contributed by atoms with van der Waals surface area (Å²) in [5.41, 5.74) is 3.80. The average molecular weight is 462 g/mol. The molecule has 1 aliphatic heterocycles. The van der Waals surface area contributed by atoms with Crippen molar-refractivity contribution in [1.29, 1.82) is 0 Å². The molecule has 0 radical (unpaired) electrons. The van der Waals surface area contributed by atoms with Gasteiger partial charge in [0, 0.05) is 30.2 Å². The lowest BCUT2D eigenvalue weighted by Crippen LogP contribution is -2.39. The molecule has 2 amide bonds. The quantitative estimate of drug-likeness (QED) is 0.523. The standard InChI is InChI=1S/C27H28ClN3O2/c28-25-11-9-20(10-12-25)18-31-14-13-21(19-31)16-29-26(32)17-30-27(33)24-8-4-7-23(15-24)22-5-2-1-3-6-22/h1-12,15,21H,13-14,16-19H2,(H,29,32)(H,30,33). The second kappa shape index (κ2) is 11.1. The van der Waals surface area contributed by atoms with Crippen LogP contribution in [0.5, 0.6) is 0 Å². The monoisotopic (exact) mass is 461 g/mol. The van der Waals surface area contributed by atoms with Gasteiger partial charge in [0.05, 0.1) is 6.54 Å². The Hall–Kier alpha value is -3.15. The average Bonchev–Trinajstić information content (AvgIpc) is 3.30. The summed E-state index contributed by atoms with van der Waals surface area (Å²) in [6.07, 6.45) is 1.05. The van der Waals surface area contributed by atoms with Crippen molar-refractivity contribution in [3.8, 4) is 11.1 Å². The molecule has 1 atom stereocenters. The normalized spacial score (nSPS) is 15.8. The number of amides is 2. The van der Waals surface area contributed by atoms with E-state index in [4.69, 9.17) is 11.6 Å². The molecule has 3 aromatic rings. The van der Waals surface area contributed by atoms with Gasteiger partial charge >= 0.3 is 0 Å². The molecule has 0 aromatic heterocycles. The molecule has 6 heteroatoms. The maximum Gasteiger partial charge on any atom is 0.251 e. The van der Waals surface area contributed by atoms with E-state index in [0.29, 0.717) is 18.0 Å². The number of carbonyl (C=O) groups is 2. The van der Waals surface area contributed by atoms with Crippen LogP contribution in [0.25, 0.3) is 11.1 Å². The van der Waals surface area contributed by atoms with Gasteiger partial charge in [0.1, 0.15) is 0 Å². The van der Waals surface area contributed by atoms with E-state index in [1.54, 1.807) is 6.07 Å². The lowest BCUT2D eigenvalue weighted by atomic mass is 10.0. The van der Waals surface area contributed by atoms with Crippen molar-refractivity contribution in [2.45, 2.75) is 13.0 Å². The SMILES string of the molecule is O=C(CNC(=O)c1cccc(-c2ccccc2)c1)NCC1CCN(Cc2ccc(Cl)cc2)C1. The summed E-state index contributed by atoms with van der Waals surface area (Å²) < 4.78 is 0. The summed E-state index contributed by atoms with van der Waals surface area (Å²) in [5, 5.41) is 6.44. The number of nitrogens with zero attached hydrogens (tertiary/aromatic N) is 1. The molecular formula is C27H28ClN3O2. The van der Waals surface area contributed by atoms with E-state index in [2.05, 4.69) is 27.7 Å². The summed E-state index contributed by atoms with van der Waals surface area (Å²) in [6, 6.07) is 25.3. The third-order valence-corrected chi connectivity index (χ3v) is 6.17. The molecule has 33 heavy (non-hydrogen) atoms. The lowest BCUT2D eigenvalue weighted by Gasteiger charge is -2.16. The Kier molecular flexibility index (Phi) is 7.76. The van der Waals surface area contributed by atoms with Crippen molar-refractivity contribution in [3.63, 3.8) is 0 Å². The van der Waals surface area contributed by atoms with Gasteiger partial charge in [-0.1, -0.05) is 66.2 Å². The lowest BCUT2D eigenvalue weighted by molar-refractivity contribution is -0.120. The van der Waals surface area contributed by atoms with Crippen molar-refractivity contribution in [2.75, 3.05) is 26.2 Å². The second-order valence-corrected chi connectivity index (χ2v) is 8.89. The summed E-state index contributed by atoms with van der Waals surface area (Å²) in [7, 11) is 0. The van der Waals surface area contributed by atoms with Gasteiger partial charge in [0.25, 0.3) is 5.91 Å². The highest BCUT2D eigenvalue weighted by atomic mass is 35.5. The number of hydrogen-bond acceptors (Lipinski definition) is 3. The Morgan fingerprint density at radius 1 is 0.909 bits per heavy atom. The molecule has 0 bridgehead atoms. The van der Waals surface area contributed by atoms with Crippen LogP contribution in [0, 0.1) is 5.92 Å². The molecule has 3 aromatic carbocycles. The molecule has 1 heterocycles. The topological polar surface area (TPSA) is 61.4 Å². The molecule has 1 fully saturated rings. The van der Waals surface area contributed by atoms with Crippen molar-refractivity contribution < 1.29 is 9.59 Å². The third kappa shape index (κ3) is 6.67. The van der Waals surface area contributed by atoms with E-state index in [-0.39, 0.29) is 18.4 Å². The van der Waals surface area contributed by atoms with Gasteiger partial charge in [-0.3, -0.25) is 14.5 Å². The fourth-order valence-electron chi connectivity index (χ4n) is 4.12. The Morgan fingerprint density at radius 3 is 2.45 bits per heavy atom. The summed E-state index contributed by atoms with van der Waals surface area (Å²) in [4.78, 5) is 27.2. The van der Waals surface area contributed by atoms with Crippen LogP contribution in [0.1, 0.15) is 22.3 Å². The van der Waals surface area contributed by atoms with E-state index >= 15 is 0 Å². The maximum absolute atomic E-state index is 12.5. The predicted octanol–water partition coefficient (Wildman–Crippen LogP) is 4.38. The van der Waals surface area contributed by atoms with Crippen LogP contribution in [0.2, 0.25) is 5.02 Å². The van der Waals surface area contributed by atoms with Gasteiger partial charge in [-0.2, -0.15) is 0 Å². The molecular weight excluding hydrogens is 434 g/mol. The molecule has 170 valence electrons. The van der Waals surface area contributed by atoms with Crippen LogP contribution >= 0.6 is 11.6 Å². The second-order valence-electron chi connectivity index (χ2n) is 8.45. The van der Waals surface area contributed by atoms with Gasteiger partial charge < -0.3 is 10.6 Å². The fraction of sp³-hybridized carbons (Fsp3) is 0.259. The highest BCUT2D eigenvalue weighted by Crippen LogP contribution is 2.20. The van der Waals surface area contributed by atoms with E-state index in [0.717, 1.165) is 42.2 Å². The number of hydrogen-bond donors (Lipinski definition) is 2. The minimum Gasteiger partial charge on any atom is -0.354 e.